The smallest absolute Gasteiger partial charge is 0.301 e. The van der Waals surface area contributed by atoms with E-state index in [4.69, 9.17) is 12.3 Å². The van der Waals surface area contributed by atoms with Gasteiger partial charge in [0.25, 0.3) is 0 Å². The van der Waals surface area contributed by atoms with Crippen LogP contribution in [0.2, 0.25) is 0 Å². The van der Waals surface area contributed by atoms with Gasteiger partial charge < -0.3 is 10.8 Å². The van der Waals surface area contributed by atoms with Gasteiger partial charge in [0, 0.05) is 12.5 Å². The van der Waals surface area contributed by atoms with E-state index in [1.165, 1.54) is 6.42 Å². The van der Waals surface area contributed by atoms with Crippen molar-refractivity contribution in [3.63, 3.8) is 0 Å². The molecule has 6 fully saturated rings. The number of amides is 1. The first-order valence-electron chi connectivity index (χ1n) is 9.10. The SMILES string of the molecule is [C-]#[N+][C@@H]1C[C@@H]2C[C@@H]2N1C(=O)[C@@H](N)C12CC3CC(CC(O)(C3)C1)C2. The summed E-state index contributed by atoms with van der Waals surface area (Å²) in [7, 11) is 0. The van der Waals surface area contributed by atoms with Crippen LogP contribution in [0.1, 0.15) is 51.4 Å². The maximum absolute atomic E-state index is 13.1. The van der Waals surface area contributed by atoms with E-state index < -0.39 is 11.6 Å². The molecule has 0 aromatic rings. The standard InChI is InChI=1S/C18H25N3O2/c1-20-14-4-12-3-13(12)21(14)16(22)15(19)17-5-10-2-11(6-17)8-18(23,7-10)9-17/h10-15,23H,2-9,19H2/t10?,11?,12-,13-,14-,15+,17?,18?/m0/s1. The third kappa shape index (κ3) is 1.88. The van der Waals surface area contributed by atoms with Crippen LogP contribution in [-0.2, 0) is 4.79 Å². The Bertz CT molecular complexity index is 598. The summed E-state index contributed by atoms with van der Waals surface area (Å²) in [4.78, 5) is 18.6. The molecule has 1 aliphatic heterocycles. The van der Waals surface area contributed by atoms with Gasteiger partial charge in [-0.3, -0.25) is 14.5 Å². The molecule has 6 rings (SSSR count). The molecule has 4 bridgehead atoms. The first kappa shape index (κ1) is 14.2. The van der Waals surface area contributed by atoms with Gasteiger partial charge in [0.2, 0.25) is 5.91 Å². The molecule has 5 heteroatoms. The number of nitrogens with zero attached hydrogens (tertiary/aromatic N) is 2. The average molecular weight is 315 g/mol. The number of piperidine rings is 1. The molecule has 0 aromatic heterocycles. The minimum Gasteiger partial charge on any atom is -0.390 e. The monoisotopic (exact) mass is 315 g/mol. The van der Waals surface area contributed by atoms with Crippen LogP contribution in [0.3, 0.4) is 0 Å². The largest absolute Gasteiger partial charge is 0.390 e. The molecular weight excluding hydrogens is 290 g/mol. The fraction of sp³-hybridized carbons (Fsp3) is 0.889. The molecule has 1 saturated heterocycles. The van der Waals surface area contributed by atoms with Gasteiger partial charge in [-0.05, 0) is 68.1 Å². The predicted molar refractivity (Wildman–Crippen MR) is 83.8 cm³/mol. The molecule has 0 radical (unpaired) electrons. The molecule has 6 atom stereocenters. The first-order valence-corrected chi connectivity index (χ1v) is 9.10. The number of nitrogens with two attached hydrogens (primary N) is 1. The Labute approximate surface area is 137 Å². The molecule has 124 valence electrons. The number of carbonyl (C=O) groups is 1. The van der Waals surface area contributed by atoms with E-state index in [-0.39, 0.29) is 23.5 Å². The van der Waals surface area contributed by atoms with E-state index >= 15 is 0 Å². The van der Waals surface area contributed by atoms with E-state index in [2.05, 4.69) is 4.85 Å². The second-order valence-corrected chi connectivity index (χ2v) is 9.18. The summed E-state index contributed by atoms with van der Waals surface area (Å²) in [6.45, 7) is 7.38. The lowest BCUT2D eigenvalue weighted by atomic mass is 9.46. The number of carbonyl (C=O) groups excluding carboxylic acids is 1. The molecule has 1 heterocycles. The van der Waals surface area contributed by atoms with Crippen LogP contribution < -0.4 is 5.73 Å². The van der Waals surface area contributed by atoms with Crippen LogP contribution in [0.15, 0.2) is 0 Å². The number of hydrogen-bond acceptors (Lipinski definition) is 3. The fourth-order valence-corrected chi connectivity index (χ4v) is 6.93. The normalized spacial score (nSPS) is 53.8. The van der Waals surface area contributed by atoms with Crippen molar-refractivity contribution < 1.29 is 9.90 Å². The Balaban J connectivity index is 1.43. The Morgan fingerprint density at radius 1 is 1.22 bits per heavy atom. The molecular formula is C18H25N3O2. The van der Waals surface area contributed by atoms with Gasteiger partial charge in [0.15, 0.2) is 0 Å². The fourth-order valence-electron chi connectivity index (χ4n) is 6.93. The lowest BCUT2D eigenvalue weighted by molar-refractivity contribution is -0.177. The molecule has 5 aliphatic carbocycles. The van der Waals surface area contributed by atoms with Crippen molar-refractivity contribution in [1.29, 1.82) is 0 Å². The highest BCUT2D eigenvalue weighted by Crippen LogP contribution is 2.63. The Morgan fingerprint density at radius 3 is 2.52 bits per heavy atom. The lowest BCUT2D eigenvalue weighted by Crippen LogP contribution is -2.64. The van der Waals surface area contributed by atoms with Gasteiger partial charge in [-0.1, -0.05) is 0 Å². The summed E-state index contributed by atoms with van der Waals surface area (Å²) < 4.78 is 0. The summed E-state index contributed by atoms with van der Waals surface area (Å²) in [5.74, 6) is 1.58. The highest BCUT2D eigenvalue weighted by Gasteiger charge is 2.63. The van der Waals surface area contributed by atoms with Crippen molar-refractivity contribution in [2.24, 2.45) is 28.9 Å². The van der Waals surface area contributed by atoms with E-state index in [9.17, 15) is 9.90 Å². The Hall–Kier alpha value is -1.12. The third-order valence-corrected chi connectivity index (χ3v) is 7.48. The van der Waals surface area contributed by atoms with Gasteiger partial charge >= 0.3 is 6.17 Å². The second-order valence-electron chi connectivity index (χ2n) is 9.18. The van der Waals surface area contributed by atoms with Crippen LogP contribution in [0.4, 0.5) is 0 Å². The minimum absolute atomic E-state index is 0.0125. The Morgan fingerprint density at radius 2 is 1.91 bits per heavy atom. The number of rotatable bonds is 2. The summed E-state index contributed by atoms with van der Waals surface area (Å²) in [5, 5.41) is 10.9. The lowest BCUT2D eigenvalue weighted by Gasteiger charge is -2.61. The molecule has 2 unspecified atom stereocenters. The molecule has 23 heavy (non-hydrogen) atoms. The van der Waals surface area contributed by atoms with Crippen molar-refractivity contribution >= 4 is 5.91 Å². The molecule has 0 spiro atoms. The minimum atomic E-state index is -0.589. The van der Waals surface area contributed by atoms with Gasteiger partial charge in [-0.2, -0.15) is 0 Å². The number of fused-ring (bicyclic) bond motifs is 1. The molecule has 5 saturated carbocycles. The van der Waals surface area contributed by atoms with Crippen molar-refractivity contribution in [1.82, 2.24) is 4.90 Å². The van der Waals surface area contributed by atoms with Crippen LogP contribution in [0, 0.1) is 29.7 Å². The molecule has 0 aromatic carbocycles. The zero-order valence-electron chi connectivity index (χ0n) is 13.4. The third-order valence-electron chi connectivity index (χ3n) is 7.48. The second kappa shape index (κ2) is 4.29. The highest BCUT2D eigenvalue weighted by molar-refractivity contribution is 5.84. The van der Waals surface area contributed by atoms with E-state index in [0.29, 0.717) is 24.2 Å². The molecule has 5 nitrogen and oxygen atoms in total. The maximum atomic E-state index is 13.1. The van der Waals surface area contributed by atoms with Crippen LogP contribution in [0.5, 0.6) is 0 Å². The summed E-state index contributed by atoms with van der Waals surface area (Å²) in [5.41, 5.74) is 5.73. The maximum Gasteiger partial charge on any atom is 0.301 e. The van der Waals surface area contributed by atoms with Crippen LogP contribution in [0.25, 0.3) is 4.85 Å². The molecule has 6 aliphatic rings. The first-order chi connectivity index (χ1) is 10.9. The van der Waals surface area contributed by atoms with Crippen LogP contribution >= 0.6 is 0 Å². The van der Waals surface area contributed by atoms with Crippen molar-refractivity contribution in [3.8, 4) is 0 Å². The molecule has 1 amide bonds. The van der Waals surface area contributed by atoms with E-state index in [0.717, 1.165) is 38.5 Å². The van der Waals surface area contributed by atoms with Crippen molar-refractivity contribution in [3.05, 3.63) is 11.4 Å². The summed E-state index contributed by atoms with van der Waals surface area (Å²) >= 11 is 0. The summed E-state index contributed by atoms with van der Waals surface area (Å²) in [6, 6.07) is -0.270. The van der Waals surface area contributed by atoms with Crippen LogP contribution in [-0.4, -0.2) is 39.8 Å². The number of likely N-dealkylation sites (tertiary alicyclic amines) is 1. The van der Waals surface area contributed by atoms with Crippen molar-refractivity contribution in [2.75, 3.05) is 0 Å². The van der Waals surface area contributed by atoms with E-state index in [1.54, 1.807) is 0 Å². The zero-order chi connectivity index (χ0) is 16.0. The highest BCUT2D eigenvalue weighted by atomic mass is 16.3. The number of aliphatic hydroxyl groups is 1. The quantitative estimate of drug-likeness (QED) is 0.759. The Kier molecular flexibility index (Phi) is 2.65. The topological polar surface area (TPSA) is 70.9 Å². The van der Waals surface area contributed by atoms with Gasteiger partial charge in [0.05, 0.1) is 11.6 Å². The summed E-state index contributed by atoms with van der Waals surface area (Å²) in [6.07, 6.45) is 7.23. The average Bonchev–Trinajstić information content (AvgIpc) is 3.14. The van der Waals surface area contributed by atoms with Gasteiger partial charge in [-0.15, -0.1) is 0 Å². The number of hydrogen-bond donors (Lipinski definition) is 2. The van der Waals surface area contributed by atoms with E-state index in [1.807, 2.05) is 4.90 Å². The molecule has 3 N–H and O–H groups in total. The zero-order valence-corrected chi connectivity index (χ0v) is 13.4. The van der Waals surface area contributed by atoms with Crippen molar-refractivity contribution in [2.45, 2.75) is 75.2 Å². The van der Waals surface area contributed by atoms with Gasteiger partial charge in [-0.25, -0.2) is 6.57 Å². The predicted octanol–water partition coefficient (Wildman–Crippen LogP) is 1.51. The van der Waals surface area contributed by atoms with Gasteiger partial charge in [0.1, 0.15) is 0 Å².